The van der Waals surface area contributed by atoms with Crippen LogP contribution in [0.5, 0.6) is 0 Å². The zero-order valence-electron chi connectivity index (χ0n) is 15.1. The van der Waals surface area contributed by atoms with Crippen LogP contribution in [0.15, 0.2) is 71.7 Å². The molecule has 0 unspecified atom stereocenters. The van der Waals surface area contributed by atoms with E-state index in [4.69, 9.17) is 11.6 Å². The normalized spacial score (nSPS) is 10.9. The predicted molar refractivity (Wildman–Crippen MR) is 110 cm³/mol. The number of carbonyl (C=O) groups excluding carboxylic acids is 1. The first-order valence-electron chi connectivity index (χ1n) is 8.72. The van der Waals surface area contributed by atoms with Crippen molar-refractivity contribution >= 4 is 34.2 Å². The molecule has 7 heteroatoms. The molecule has 0 saturated carbocycles. The van der Waals surface area contributed by atoms with Gasteiger partial charge < -0.3 is 5.32 Å². The Kier molecular flexibility index (Phi) is 4.71. The number of nitrogens with one attached hydrogen (secondary N) is 1. The third kappa shape index (κ3) is 3.42. The Hall–Kier alpha value is -3.38. The van der Waals surface area contributed by atoms with Crippen molar-refractivity contribution in [3.63, 3.8) is 0 Å². The Balaban J connectivity index is 1.77. The Morgan fingerprint density at radius 3 is 2.64 bits per heavy atom. The minimum absolute atomic E-state index is 0.0733. The standard InChI is InChI=1S/C21H17ClN4O2/c1-14-7-9-17(10-8-14)26-21(28)18-6-3-11-23-20(18)25(26)13-19(27)24-16-5-2-4-15(22)12-16/h2-12H,13H2,1H3,(H,24,27). The Labute approximate surface area is 166 Å². The third-order valence-corrected chi connectivity index (χ3v) is 4.61. The van der Waals surface area contributed by atoms with E-state index in [-0.39, 0.29) is 18.0 Å². The van der Waals surface area contributed by atoms with Crippen molar-refractivity contribution in [2.45, 2.75) is 13.5 Å². The molecule has 0 radical (unpaired) electrons. The number of rotatable bonds is 4. The minimum atomic E-state index is -0.286. The van der Waals surface area contributed by atoms with E-state index in [1.807, 2.05) is 31.2 Å². The maximum Gasteiger partial charge on any atom is 0.280 e. The fraction of sp³-hybridized carbons (Fsp3) is 0.0952. The zero-order chi connectivity index (χ0) is 19.7. The van der Waals surface area contributed by atoms with E-state index >= 15 is 0 Å². The second-order valence-electron chi connectivity index (χ2n) is 6.44. The van der Waals surface area contributed by atoms with Gasteiger partial charge in [0.15, 0.2) is 5.65 Å². The molecule has 1 N–H and O–H groups in total. The molecule has 2 aromatic carbocycles. The largest absolute Gasteiger partial charge is 0.324 e. The lowest BCUT2D eigenvalue weighted by Gasteiger charge is -2.13. The van der Waals surface area contributed by atoms with Crippen molar-refractivity contribution in [1.82, 2.24) is 14.3 Å². The quantitative estimate of drug-likeness (QED) is 0.574. The number of hydrogen-bond donors (Lipinski definition) is 1. The van der Waals surface area contributed by atoms with Gasteiger partial charge >= 0.3 is 0 Å². The van der Waals surface area contributed by atoms with Crippen LogP contribution >= 0.6 is 11.6 Å². The van der Waals surface area contributed by atoms with Gasteiger partial charge in [-0.05, 0) is 49.4 Å². The molecule has 0 bridgehead atoms. The van der Waals surface area contributed by atoms with E-state index in [1.165, 1.54) is 4.68 Å². The average molecular weight is 393 g/mol. The average Bonchev–Trinajstić information content (AvgIpc) is 2.95. The highest BCUT2D eigenvalue weighted by Gasteiger charge is 2.18. The highest BCUT2D eigenvalue weighted by atomic mass is 35.5. The summed E-state index contributed by atoms with van der Waals surface area (Å²) in [5.41, 5.74) is 2.57. The number of aromatic nitrogens is 3. The Bertz CT molecular complexity index is 1230. The topological polar surface area (TPSA) is 68.9 Å². The Morgan fingerprint density at radius 1 is 1.11 bits per heavy atom. The van der Waals surface area contributed by atoms with Gasteiger partial charge in [-0.1, -0.05) is 35.4 Å². The van der Waals surface area contributed by atoms with Gasteiger partial charge in [0.25, 0.3) is 5.56 Å². The molecule has 2 heterocycles. The third-order valence-electron chi connectivity index (χ3n) is 4.38. The summed E-state index contributed by atoms with van der Waals surface area (Å²) in [4.78, 5) is 30.0. The molecule has 0 aliphatic rings. The van der Waals surface area contributed by atoms with Crippen LogP contribution in [0.25, 0.3) is 16.7 Å². The van der Waals surface area contributed by atoms with E-state index < -0.39 is 0 Å². The monoisotopic (exact) mass is 392 g/mol. The van der Waals surface area contributed by atoms with Gasteiger partial charge in [-0.2, -0.15) is 0 Å². The van der Waals surface area contributed by atoms with Crippen LogP contribution in [-0.2, 0) is 11.3 Å². The van der Waals surface area contributed by atoms with Gasteiger partial charge in [-0.3, -0.25) is 14.3 Å². The molecular weight excluding hydrogens is 376 g/mol. The maximum atomic E-state index is 13.0. The first-order chi connectivity index (χ1) is 13.5. The highest BCUT2D eigenvalue weighted by Crippen LogP contribution is 2.17. The van der Waals surface area contributed by atoms with Crippen molar-refractivity contribution in [3.8, 4) is 5.69 Å². The second kappa shape index (κ2) is 7.32. The van der Waals surface area contributed by atoms with Crippen molar-refractivity contribution in [2.75, 3.05) is 5.32 Å². The summed E-state index contributed by atoms with van der Waals surface area (Å²) in [5, 5.41) is 3.79. The molecule has 0 aliphatic carbocycles. The predicted octanol–water partition coefficient (Wildman–Crippen LogP) is 3.79. The van der Waals surface area contributed by atoms with Crippen LogP contribution in [0.3, 0.4) is 0 Å². The first-order valence-corrected chi connectivity index (χ1v) is 9.10. The summed E-state index contributed by atoms with van der Waals surface area (Å²) < 4.78 is 3.07. The molecule has 0 fully saturated rings. The minimum Gasteiger partial charge on any atom is -0.324 e. The lowest BCUT2D eigenvalue weighted by Crippen LogP contribution is -2.27. The van der Waals surface area contributed by atoms with Gasteiger partial charge in [0, 0.05) is 16.9 Å². The summed E-state index contributed by atoms with van der Waals surface area (Å²) in [6, 6.07) is 17.9. The number of pyridine rings is 1. The molecule has 0 atom stereocenters. The van der Waals surface area contributed by atoms with Crippen LogP contribution < -0.4 is 10.9 Å². The molecule has 0 spiro atoms. The molecule has 0 saturated heterocycles. The molecule has 4 aromatic rings. The van der Waals surface area contributed by atoms with E-state index in [1.54, 1.807) is 47.3 Å². The molecule has 2 aromatic heterocycles. The fourth-order valence-electron chi connectivity index (χ4n) is 3.08. The molecular formula is C21H17ClN4O2. The molecule has 0 aliphatic heterocycles. The van der Waals surface area contributed by atoms with Crippen LogP contribution in [0.2, 0.25) is 5.02 Å². The summed E-state index contributed by atoms with van der Waals surface area (Å²) in [5.74, 6) is -0.286. The van der Waals surface area contributed by atoms with Crippen LogP contribution in [0.1, 0.15) is 5.56 Å². The van der Waals surface area contributed by atoms with Gasteiger partial charge in [0.1, 0.15) is 6.54 Å². The number of carbonyl (C=O) groups is 1. The molecule has 1 amide bonds. The van der Waals surface area contributed by atoms with Crippen molar-refractivity contribution < 1.29 is 4.79 Å². The van der Waals surface area contributed by atoms with E-state index in [2.05, 4.69) is 10.3 Å². The second-order valence-corrected chi connectivity index (χ2v) is 6.88. The van der Waals surface area contributed by atoms with Gasteiger partial charge in [-0.15, -0.1) is 0 Å². The zero-order valence-corrected chi connectivity index (χ0v) is 15.8. The number of benzene rings is 2. The van der Waals surface area contributed by atoms with E-state index in [0.29, 0.717) is 27.4 Å². The highest BCUT2D eigenvalue weighted by molar-refractivity contribution is 6.30. The number of anilines is 1. The summed E-state index contributed by atoms with van der Waals surface area (Å²) >= 11 is 5.98. The number of nitrogens with zero attached hydrogens (tertiary/aromatic N) is 3. The first kappa shape index (κ1) is 18.0. The Morgan fingerprint density at radius 2 is 1.89 bits per heavy atom. The number of amides is 1. The van der Waals surface area contributed by atoms with Gasteiger partial charge in [0.2, 0.25) is 5.91 Å². The van der Waals surface area contributed by atoms with Crippen LogP contribution in [0.4, 0.5) is 5.69 Å². The number of aryl methyl sites for hydroxylation is 1. The number of fused-ring (bicyclic) bond motifs is 1. The summed E-state index contributed by atoms with van der Waals surface area (Å²) in [6.45, 7) is 1.90. The number of halogens is 1. The fourth-order valence-corrected chi connectivity index (χ4v) is 3.27. The number of hydrogen-bond acceptors (Lipinski definition) is 3. The van der Waals surface area contributed by atoms with Crippen molar-refractivity contribution in [1.29, 1.82) is 0 Å². The molecule has 140 valence electrons. The van der Waals surface area contributed by atoms with Gasteiger partial charge in [-0.25, -0.2) is 9.67 Å². The maximum absolute atomic E-state index is 13.0. The van der Waals surface area contributed by atoms with E-state index in [9.17, 15) is 9.59 Å². The lowest BCUT2D eigenvalue weighted by molar-refractivity contribution is -0.116. The smallest absolute Gasteiger partial charge is 0.280 e. The van der Waals surface area contributed by atoms with Crippen LogP contribution in [0, 0.1) is 6.92 Å². The molecule has 28 heavy (non-hydrogen) atoms. The van der Waals surface area contributed by atoms with Crippen molar-refractivity contribution in [2.24, 2.45) is 0 Å². The summed E-state index contributed by atoms with van der Waals surface area (Å²) in [6.07, 6.45) is 1.60. The van der Waals surface area contributed by atoms with Crippen LogP contribution in [-0.4, -0.2) is 20.3 Å². The summed E-state index contributed by atoms with van der Waals surface area (Å²) in [7, 11) is 0. The lowest BCUT2D eigenvalue weighted by atomic mass is 10.2. The van der Waals surface area contributed by atoms with E-state index in [0.717, 1.165) is 5.56 Å². The SMILES string of the molecule is Cc1ccc(-n2c(=O)c3cccnc3n2CC(=O)Nc2cccc(Cl)c2)cc1. The molecule has 6 nitrogen and oxygen atoms in total. The van der Waals surface area contributed by atoms with Crippen molar-refractivity contribution in [3.05, 3.63) is 87.8 Å². The van der Waals surface area contributed by atoms with Gasteiger partial charge in [0.05, 0.1) is 11.1 Å². The molecule has 4 rings (SSSR count).